The molecule has 0 aliphatic rings. The third-order valence-corrected chi connectivity index (χ3v) is 1.85. The summed E-state index contributed by atoms with van der Waals surface area (Å²) in [6.45, 7) is 1.98. The van der Waals surface area contributed by atoms with Gasteiger partial charge in [0.05, 0.1) is 6.08 Å². The first kappa shape index (κ1) is 10.3. The predicted molar refractivity (Wildman–Crippen MR) is 55.9 cm³/mol. The van der Waals surface area contributed by atoms with Gasteiger partial charge in [-0.1, -0.05) is 37.3 Å². The fraction of sp³-hybridized carbons (Fsp3) is 0.167. The summed E-state index contributed by atoms with van der Waals surface area (Å²) in [4.78, 5) is 10.3. The van der Waals surface area contributed by atoms with Crippen LogP contribution >= 0.6 is 0 Å². The zero-order chi connectivity index (χ0) is 10.4. The molecule has 0 amide bonds. The number of rotatable bonds is 3. The zero-order valence-corrected chi connectivity index (χ0v) is 8.03. The lowest BCUT2D eigenvalue weighted by Crippen LogP contribution is -1.85. The Morgan fingerprint density at radius 3 is 2.57 bits per heavy atom. The van der Waals surface area contributed by atoms with Crippen LogP contribution in [0.15, 0.2) is 42.1 Å². The van der Waals surface area contributed by atoms with Gasteiger partial charge in [0.25, 0.3) is 0 Å². The van der Waals surface area contributed by atoms with Gasteiger partial charge in [0, 0.05) is 5.57 Å². The maximum Gasteiger partial charge on any atom is 0.336 e. The van der Waals surface area contributed by atoms with Crippen molar-refractivity contribution in [3.05, 3.63) is 47.7 Å². The Kier molecular flexibility index (Phi) is 3.71. The summed E-state index contributed by atoms with van der Waals surface area (Å²) in [6, 6.07) is 9.67. The first-order chi connectivity index (χ1) is 6.74. The van der Waals surface area contributed by atoms with Crippen LogP contribution in [0, 0.1) is 0 Å². The van der Waals surface area contributed by atoms with E-state index in [1.807, 2.05) is 37.3 Å². The van der Waals surface area contributed by atoms with Gasteiger partial charge >= 0.3 is 5.97 Å². The summed E-state index contributed by atoms with van der Waals surface area (Å²) in [5, 5.41) is 8.47. The number of carbonyl (C=O) groups is 1. The van der Waals surface area contributed by atoms with Crippen molar-refractivity contribution in [1.82, 2.24) is 0 Å². The molecule has 1 N–H and O–H groups in total. The molecule has 0 fully saturated rings. The topological polar surface area (TPSA) is 37.3 Å². The van der Waals surface area contributed by atoms with Crippen molar-refractivity contribution in [1.29, 1.82) is 0 Å². The van der Waals surface area contributed by atoms with Gasteiger partial charge in [0.2, 0.25) is 0 Å². The Hall–Kier alpha value is -1.79. The van der Waals surface area contributed by atoms with Crippen molar-refractivity contribution in [2.24, 2.45) is 0 Å². The largest absolute Gasteiger partial charge is 0.478 e. The number of carboxylic acid groups (broad SMARTS) is 1. The van der Waals surface area contributed by atoms with Crippen LogP contribution in [0.1, 0.15) is 18.9 Å². The molecule has 1 aromatic rings. The number of aliphatic carboxylic acids is 1. The minimum Gasteiger partial charge on any atom is -0.478 e. The number of hydrogen-bond acceptors (Lipinski definition) is 1. The van der Waals surface area contributed by atoms with Crippen molar-refractivity contribution in [2.75, 3.05) is 0 Å². The lowest BCUT2D eigenvalue weighted by Gasteiger charge is -1.99. The summed E-state index contributed by atoms with van der Waals surface area (Å²) in [6.07, 6.45) is 1.82. The average molecular weight is 188 g/mol. The monoisotopic (exact) mass is 188 g/mol. The molecular formula is C12H12O2. The van der Waals surface area contributed by atoms with E-state index in [4.69, 9.17) is 5.11 Å². The Labute approximate surface area is 83.2 Å². The molecule has 0 aromatic heterocycles. The Bertz CT molecular complexity index is 371. The van der Waals surface area contributed by atoms with E-state index < -0.39 is 5.97 Å². The van der Waals surface area contributed by atoms with E-state index in [2.05, 4.69) is 5.73 Å². The van der Waals surface area contributed by atoms with Crippen LogP contribution in [-0.2, 0) is 4.79 Å². The van der Waals surface area contributed by atoms with Gasteiger partial charge in [-0.05, 0) is 12.0 Å². The lowest BCUT2D eigenvalue weighted by molar-refractivity contribution is -0.131. The van der Waals surface area contributed by atoms with Gasteiger partial charge in [-0.2, -0.15) is 0 Å². The number of benzene rings is 1. The van der Waals surface area contributed by atoms with Crippen molar-refractivity contribution < 1.29 is 9.90 Å². The molecule has 0 heterocycles. The van der Waals surface area contributed by atoms with Gasteiger partial charge in [0.1, 0.15) is 0 Å². The molecule has 2 nitrogen and oxygen atoms in total. The zero-order valence-electron chi connectivity index (χ0n) is 8.03. The van der Waals surface area contributed by atoms with Crippen molar-refractivity contribution in [3.63, 3.8) is 0 Å². The Morgan fingerprint density at radius 1 is 1.43 bits per heavy atom. The first-order valence-electron chi connectivity index (χ1n) is 4.48. The van der Waals surface area contributed by atoms with Crippen molar-refractivity contribution >= 4 is 11.5 Å². The van der Waals surface area contributed by atoms with Crippen LogP contribution in [0.3, 0.4) is 0 Å². The fourth-order valence-corrected chi connectivity index (χ4v) is 1.18. The highest BCUT2D eigenvalue weighted by molar-refractivity contribution is 5.81. The van der Waals surface area contributed by atoms with E-state index in [1.54, 1.807) is 0 Å². The van der Waals surface area contributed by atoms with Gasteiger partial charge in [-0.15, -0.1) is 5.73 Å². The van der Waals surface area contributed by atoms with Gasteiger partial charge in [-0.25, -0.2) is 4.79 Å². The second-order valence-corrected chi connectivity index (χ2v) is 2.83. The maximum atomic E-state index is 10.3. The van der Waals surface area contributed by atoms with E-state index in [0.29, 0.717) is 0 Å². The molecule has 1 rings (SSSR count). The molecule has 0 aliphatic carbocycles. The van der Waals surface area contributed by atoms with Gasteiger partial charge in [0.15, 0.2) is 0 Å². The smallest absolute Gasteiger partial charge is 0.336 e. The summed E-state index contributed by atoms with van der Waals surface area (Å²) in [5.41, 5.74) is 4.71. The molecule has 0 spiro atoms. The summed E-state index contributed by atoms with van der Waals surface area (Å²) < 4.78 is 0. The molecule has 0 saturated carbocycles. The molecule has 0 radical (unpaired) electrons. The molecule has 14 heavy (non-hydrogen) atoms. The second-order valence-electron chi connectivity index (χ2n) is 2.83. The predicted octanol–water partition coefficient (Wildman–Crippen LogP) is 2.72. The molecule has 1 aromatic carbocycles. The van der Waals surface area contributed by atoms with E-state index in [0.717, 1.165) is 23.6 Å². The third kappa shape index (κ3) is 2.92. The van der Waals surface area contributed by atoms with Crippen LogP contribution in [0.5, 0.6) is 0 Å². The fourth-order valence-electron chi connectivity index (χ4n) is 1.18. The minimum atomic E-state index is -0.966. The molecular weight excluding hydrogens is 176 g/mol. The van der Waals surface area contributed by atoms with E-state index >= 15 is 0 Å². The average Bonchev–Trinajstić information content (AvgIpc) is 2.20. The van der Waals surface area contributed by atoms with Crippen LogP contribution in [0.4, 0.5) is 0 Å². The van der Waals surface area contributed by atoms with Crippen LogP contribution in [-0.4, -0.2) is 11.1 Å². The summed E-state index contributed by atoms with van der Waals surface area (Å²) in [7, 11) is 0. The number of hydrogen-bond donors (Lipinski definition) is 1. The normalized spacial score (nSPS) is 8.93. The Balaban J connectivity index is 3.05. The van der Waals surface area contributed by atoms with Gasteiger partial charge in [-0.3, -0.25) is 0 Å². The molecule has 2 heteroatoms. The summed E-state index contributed by atoms with van der Waals surface area (Å²) in [5.74, 6) is -0.966. The van der Waals surface area contributed by atoms with E-state index in [9.17, 15) is 4.79 Å². The maximum absolute atomic E-state index is 10.3. The van der Waals surface area contributed by atoms with Crippen LogP contribution < -0.4 is 0 Å². The van der Waals surface area contributed by atoms with Crippen molar-refractivity contribution in [3.8, 4) is 0 Å². The third-order valence-electron chi connectivity index (χ3n) is 1.85. The molecule has 0 unspecified atom stereocenters. The molecule has 0 bridgehead atoms. The highest BCUT2D eigenvalue weighted by Crippen LogP contribution is 2.15. The van der Waals surface area contributed by atoms with Gasteiger partial charge < -0.3 is 5.11 Å². The highest BCUT2D eigenvalue weighted by atomic mass is 16.4. The quantitative estimate of drug-likeness (QED) is 0.585. The number of carboxylic acids is 1. The SMILES string of the molecule is CCC(=C=CC(=O)O)c1ccccc1. The molecule has 0 aliphatic heterocycles. The molecule has 0 saturated heterocycles. The standard InChI is InChI=1S/C12H12O2/c1-2-10(8-9-12(13)14)11-6-4-3-5-7-11/h3-7,9H,2H2,1H3,(H,13,14). The highest BCUT2D eigenvalue weighted by Gasteiger charge is 1.96. The minimum absolute atomic E-state index is 0.772. The van der Waals surface area contributed by atoms with Crippen LogP contribution in [0.2, 0.25) is 0 Å². The molecule has 0 atom stereocenters. The van der Waals surface area contributed by atoms with Crippen LogP contribution in [0.25, 0.3) is 5.57 Å². The Morgan fingerprint density at radius 2 is 2.07 bits per heavy atom. The van der Waals surface area contributed by atoms with E-state index in [-0.39, 0.29) is 0 Å². The molecule has 72 valence electrons. The van der Waals surface area contributed by atoms with Crippen molar-refractivity contribution in [2.45, 2.75) is 13.3 Å². The van der Waals surface area contributed by atoms with E-state index in [1.165, 1.54) is 0 Å². The second kappa shape index (κ2) is 5.05. The first-order valence-corrected chi connectivity index (χ1v) is 4.48. The summed E-state index contributed by atoms with van der Waals surface area (Å²) >= 11 is 0. The lowest BCUT2D eigenvalue weighted by atomic mass is 10.0.